The van der Waals surface area contributed by atoms with E-state index in [0.29, 0.717) is 18.3 Å². The van der Waals surface area contributed by atoms with Crippen molar-refractivity contribution in [3.8, 4) is 17.1 Å². The summed E-state index contributed by atoms with van der Waals surface area (Å²) >= 11 is 0. The predicted molar refractivity (Wildman–Crippen MR) is 73.0 cm³/mol. The lowest BCUT2D eigenvalue weighted by Crippen LogP contribution is -2.33. The largest absolute Gasteiger partial charge is 0.494 e. The van der Waals surface area contributed by atoms with Crippen molar-refractivity contribution >= 4 is 0 Å². The minimum Gasteiger partial charge on any atom is -0.494 e. The molecule has 0 atom stereocenters. The monoisotopic (exact) mass is 261 g/mol. The number of aromatic nitrogens is 2. The topological polar surface area (TPSA) is 60.2 Å². The fourth-order valence-electron chi connectivity index (χ4n) is 1.59. The lowest BCUT2D eigenvalue weighted by molar-refractivity contribution is 0.281. The molecule has 0 radical (unpaired) electrons. The number of nitrogens with one attached hydrogen (secondary N) is 1. The molecule has 2 rings (SSSR count). The van der Waals surface area contributed by atoms with E-state index in [0.717, 1.165) is 11.3 Å². The third kappa shape index (κ3) is 2.93. The minimum absolute atomic E-state index is 0.344. The molecule has 1 aromatic heterocycles. The first-order valence-corrected chi connectivity index (χ1v) is 6.33. The summed E-state index contributed by atoms with van der Waals surface area (Å²) in [5, 5.41) is 7.15. The van der Waals surface area contributed by atoms with Crippen LogP contribution in [0.1, 0.15) is 26.7 Å². The van der Waals surface area contributed by atoms with Crippen molar-refractivity contribution in [1.82, 2.24) is 15.5 Å². The number of benzene rings is 1. The summed E-state index contributed by atoms with van der Waals surface area (Å²) in [6.45, 7) is 6.56. The molecule has 1 N–H and O–H groups in total. The summed E-state index contributed by atoms with van der Waals surface area (Å²) in [5.41, 5.74) is 0.538. The molecule has 0 unspecified atom stereocenters. The molecular formula is C14H19N3O2. The molecule has 0 saturated heterocycles. The quantitative estimate of drug-likeness (QED) is 0.896. The lowest BCUT2D eigenvalue weighted by Gasteiger charge is -2.17. The molecule has 19 heavy (non-hydrogen) atoms. The molecule has 0 aliphatic rings. The van der Waals surface area contributed by atoms with E-state index in [1.807, 2.05) is 52.1 Å². The Kier molecular flexibility index (Phi) is 3.85. The van der Waals surface area contributed by atoms with Crippen molar-refractivity contribution < 1.29 is 9.26 Å². The van der Waals surface area contributed by atoms with Crippen LogP contribution in [-0.4, -0.2) is 23.8 Å². The maximum atomic E-state index is 5.46. The Morgan fingerprint density at radius 1 is 1.37 bits per heavy atom. The van der Waals surface area contributed by atoms with E-state index in [-0.39, 0.29) is 5.54 Å². The number of nitrogens with zero attached hydrogens (tertiary/aromatic N) is 2. The van der Waals surface area contributed by atoms with E-state index >= 15 is 0 Å². The van der Waals surface area contributed by atoms with Gasteiger partial charge in [0.05, 0.1) is 12.1 Å². The molecule has 0 saturated carbocycles. The summed E-state index contributed by atoms with van der Waals surface area (Å²) in [6.07, 6.45) is 0. The van der Waals surface area contributed by atoms with Gasteiger partial charge in [-0.3, -0.25) is 0 Å². The van der Waals surface area contributed by atoms with Crippen LogP contribution in [0.25, 0.3) is 11.4 Å². The average molecular weight is 261 g/mol. The van der Waals surface area contributed by atoms with Gasteiger partial charge in [-0.05, 0) is 40.0 Å². The van der Waals surface area contributed by atoms with Gasteiger partial charge < -0.3 is 14.6 Å². The molecule has 0 fully saturated rings. The van der Waals surface area contributed by atoms with Crippen molar-refractivity contribution in [3.05, 3.63) is 30.2 Å². The van der Waals surface area contributed by atoms with Crippen molar-refractivity contribution in [3.63, 3.8) is 0 Å². The molecule has 0 aliphatic heterocycles. The van der Waals surface area contributed by atoms with Gasteiger partial charge >= 0.3 is 0 Å². The van der Waals surface area contributed by atoms with Crippen molar-refractivity contribution in [2.45, 2.75) is 26.3 Å². The van der Waals surface area contributed by atoms with Crippen LogP contribution in [0, 0.1) is 0 Å². The van der Waals surface area contributed by atoms with Crippen molar-refractivity contribution in [1.29, 1.82) is 0 Å². The second-order valence-corrected chi connectivity index (χ2v) is 4.76. The fourth-order valence-corrected chi connectivity index (χ4v) is 1.59. The minimum atomic E-state index is -0.344. The predicted octanol–water partition coefficient (Wildman–Crippen LogP) is 2.59. The van der Waals surface area contributed by atoms with Crippen molar-refractivity contribution in [2.75, 3.05) is 13.7 Å². The Bertz CT molecular complexity index is 549. The van der Waals surface area contributed by atoms with Crippen LogP contribution in [0.3, 0.4) is 0 Å². The van der Waals surface area contributed by atoms with Crippen LogP contribution < -0.4 is 10.1 Å². The summed E-state index contributed by atoms with van der Waals surface area (Å²) in [7, 11) is 1.86. The van der Waals surface area contributed by atoms with Gasteiger partial charge in [0.1, 0.15) is 5.75 Å². The molecule has 0 spiro atoms. The van der Waals surface area contributed by atoms with Gasteiger partial charge in [-0.25, -0.2) is 0 Å². The van der Waals surface area contributed by atoms with Crippen LogP contribution in [0.4, 0.5) is 0 Å². The van der Waals surface area contributed by atoms with Gasteiger partial charge in [-0.1, -0.05) is 17.3 Å². The van der Waals surface area contributed by atoms with E-state index in [2.05, 4.69) is 15.5 Å². The number of hydrogen-bond donors (Lipinski definition) is 1. The molecule has 0 amide bonds. The second kappa shape index (κ2) is 5.40. The molecule has 0 aliphatic carbocycles. The molecule has 2 aromatic rings. The number of hydrogen-bond acceptors (Lipinski definition) is 5. The van der Waals surface area contributed by atoms with Crippen LogP contribution in [-0.2, 0) is 5.54 Å². The van der Waals surface area contributed by atoms with E-state index in [1.165, 1.54) is 0 Å². The highest BCUT2D eigenvalue weighted by molar-refractivity contribution is 5.56. The third-order valence-corrected chi connectivity index (χ3v) is 2.99. The lowest BCUT2D eigenvalue weighted by atomic mass is 10.1. The highest BCUT2D eigenvalue weighted by Gasteiger charge is 2.25. The van der Waals surface area contributed by atoms with Gasteiger partial charge in [-0.2, -0.15) is 4.98 Å². The zero-order valence-electron chi connectivity index (χ0n) is 11.7. The highest BCUT2D eigenvalue weighted by Crippen LogP contribution is 2.24. The van der Waals surface area contributed by atoms with Gasteiger partial charge in [-0.15, -0.1) is 0 Å². The van der Waals surface area contributed by atoms with Crippen LogP contribution in [0.5, 0.6) is 5.75 Å². The summed E-state index contributed by atoms with van der Waals surface area (Å²) in [4.78, 5) is 4.43. The highest BCUT2D eigenvalue weighted by atomic mass is 16.5. The van der Waals surface area contributed by atoms with E-state index in [4.69, 9.17) is 9.26 Å². The molecule has 0 bridgehead atoms. The zero-order chi connectivity index (χ0) is 13.9. The maximum absolute atomic E-state index is 5.46. The molecule has 102 valence electrons. The van der Waals surface area contributed by atoms with Crippen LogP contribution >= 0.6 is 0 Å². The molecule has 5 nitrogen and oxygen atoms in total. The van der Waals surface area contributed by atoms with E-state index in [1.54, 1.807) is 0 Å². The smallest absolute Gasteiger partial charge is 0.246 e. The molecule has 5 heteroatoms. The SMILES string of the molecule is CCOc1cccc(-c2noc(C(C)(C)NC)n2)c1. The first-order valence-electron chi connectivity index (χ1n) is 6.33. The second-order valence-electron chi connectivity index (χ2n) is 4.76. The molecule has 1 aromatic carbocycles. The summed E-state index contributed by atoms with van der Waals surface area (Å²) < 4.78 is 10.8. The Morgan fingerprint density at radius 2 is 2.16 bits per heavy atom. The first kappa shape index (κ1) is 13.5. The molecular weight excluding hydrogens is 242 g/mol. The summed E-state index contributed by atoms with van der Waals surface area (Å²) in [6, 6.07) is 7.67. The van der Waals surface area contributed by atoms with Gasteiger partial charge in [0.15, 0.2) is 0 Å². The number of rotatable bonds is 5. The zero-order valence-corrected chi connectivity index (χ0v) is 11.7. The van der Waals surface area contributed by atoms with E-state index < -0.39 is 0 Å². The summed E-state index contributed by atoms with van der Waals surface area (Å²) in [5.74, 6) is 1.94. The maximum Gasteiger partial charge on any atom is 0.246 e. The number of ether oxygens (including phenoxy) is 1. The van der Waals surface area contributed by atoms with Gasteiger partial charge in [0.25, 0.3) is 0 Å². The Hall–Kier alpha value is -1.88. The Balaban J connectivity index is 2.30. The van der Waals surface area contributed by atoms with Crippen LogP contribution in [0.15, 0.2) is 28.8 Å². The van der Waals surface area contributed by atoms with Gasteiger partial charge in [0.2, 0.25) is 11.7 Å². The van der Waals surface area contributed by atoms with Crippen LogP contribution in [0.2, 0.25) is 0 Å². The average Bonchev–Trinajstić information content (AvgIpc) is 2.90. The Labute approximate surface area is 113 Å². The normalized spacial score (nSPS) is 11.6. The standard InChI is InChI=1S/C14H19N3O2/c1-5-18-11-8-6-7-10(9-11)12-16-13(19-17-12)14(2,3)15-4/h6-9,15H,5H2,1-4H3. The fraction of sp³-hybridized carbons (Fsp3) is 0.429. The van der Waals surface area contributed by atoms with Crippen molar-refractivity contribution in [2.24, 2.45) is 0 Å². The molecule has 1 heterocycles. The Morgan fingerprint density at radius 3 is 2.84 bits per heavy atom. The van der Waals surface area contributed by atoms with E-state index in [9.17, 15) is 0 Å². The van der Waals surface area contributed by atoms with Gasteiger partial charge in [0, 0.05) is 5.56 Å². The third-order valence-electron chi connectivity index (χ3n) is 2.99. The first-order chi connectivity index (χ1) is 9.06.